The van der Waals surface area contributed by atoms with Crippen molar-refractivity contribution in [3.05, 3.63) is 83.4 Å². The van der Waals surface area contributed by atoms with Crippen LogP contribution in [0.5, 0.6) is 11.5 Å². The number of benzene rings is 2. The van der Waals surface area contributed by atoms with Crippen LogP contribution < -0.4 is 4.74 Å². The Hall–Kier alpha value is -3.24. The van der Waals surface area contributed by atoms with Crippen molar-refractivity contribution in [3.63, 3.8) is 0 Å². The molecule has 3 fully saturated rings. The maximum atomic E-state index is 12.7. The molecule has 2 aromatic carbocycles. The molecule has 0 saturated heterocycles. The van der Waals surface area contributed by atoms with Gasteiger partial charge in [-0.05, 0) is 72.1 Å². The number of carbonyl (C=O) groups excluding carboxylic acids is 1. The van der Waals surface area contributed by atoms with Gasteiger partial charge in [0.05, 0.1) is 5.92 Å². The number of alkyl halides is 3. The Morgan fingerprint density at radius 1 is 1.10 bits per heavy atom. The molecule has 0 spiro atoms. The van der Waals surface area contributed by atoms with Gasteiger partial charge in [0, 0.05) is 5.56 Å². The molecule has 0 amide bonds. The quantitative estimate of drug-likeness (QED) is 0.250. The third kappa shape index (κ3) is 6.64. The molecule has 0 heterocycles. The molecule has 0 radical (unpaired) electrons. The number of carbonyl (C=O) groups is 1. The van der Waals surface area contributed by atoms with Gasteiger partial charge in [-0.15, -0.1) is 0 Å². The van der Waals surface area contributed by atoms with Crippen molar-refractivity contribution in [2.75, 3.05) is 0 Å². The lowest BCUT2D eigenvalue weighted by molar-refractivity contribution is -0.149. The van der Waals surface area contributed by atoms with E-state index >= 15 is 0 Å². The summed E-state index contributed by atoms with van der Waals surface area (Å²) in [6, 6.07) is 17.4. The number of rotatable bonds is 6. The molecule has 3 saturated carbocycles. The number of hydrogen-bond donors (Lipinski definition) is 0. The number of halogens is 4. The van der Waals surface area contributed by atoms with E-state index in [1.165, 1.54) is 24.8 Å². The molecule has 3 aliphatic carbocycles. The highest BCUT2D eigenvalue weighted by Crippen LogP contribution is 2.61. The predicted molar refractivity (Wildman–Crippen MR) is 152 cm³/mol. The number of nitrogens with zero attached hydrogens (tertiary/aromatic N) is 1. The molecule has 41 heavy (non-hydrogen) atoms. The summed E-state index contributed by atoms with van der Waals surface area (Å²) in [6.45, 7) is 12.2. The average Bonchev–Trinajstić information content (AvgIpc) is 3.21. The molecule has 0 aromatic heterocycles. The number of fused-ring (bicyclic) bond motifs is 2. The van der Waals surface area contributed by atoms with Gasteiger partial charge in [0.2, 0.25) is 6.10 Å². The Kier molecular flexibility index (Phi) is 8.66. The fraction of sp³-hybridized carbons (Fsp3) is 0.455. The van der Waals surface area contributed by atoms with Crippen LogP contribution in [0.25, 0.3) is 0 Å². The summed E-state index contributed by atoms with van der Waals surface area (Å²) < 4.78 is 49.2. The summed E-state index contributed by atoms with van der Waals surface area (Å²) in [7, 11) is 0. The average molecular weight is 586 g/mol. The Bertz CT molecular complexity index is 1360. The molecule has 8 heteroatoms. The Balaban J connectivity index is 0.000000322. The molecule has 2 bridgehead atoms. The van der Waals surface area contributed by atoms with Crippen molar-refractivity contribution < 1.29 is 27.4 Å². The van der Waals surface area contributed by atoms with Crippen LogP contribution in [0.2, 0.25) is 0 Å². The van der Waals surface area contributed by atoms with E-state index in [1.54, 1.807) is 50.2 Å². The minimum atomic E-state index is -4.68. The SMILES string of the molecule is C=C1C2CCC(C2)C1(C)C.CC1(C)[C@H](C(=O)OC(C#N)c2cccc(Oc3ccccc3)c2)[C@@H]1/C=C(\Cl)C(F)(F)F. The van der Waals surface area contributed by atoms with Gasteiger partial charge < -0.3 is 9.47 Å². The maximum absolute atomic E-state index is 12.7. The first-order valence-electron chi connectivity index (χ1n) is 13.7. The minimum Gasteiger partial charge on any atom is -0.457 e. The summed E-state index contributed by atoms with van der Waals surface area (Å²) >= 11 is 5.32. The monoisotopic (exact) mass is 585 g/mol. The normalized spacial score (nSPS) is 26.3. The van der Waals surface area contributed by atoms with E-state index in [2.05, 4.69) is 20.4 Å². The number of allylic oxidation sites excluding steroid dienone is 3. The Morgan fingerprint density at radius 2 is 1.76 bits per heavy atom. The van der Waals surface area contributed by atoms with Gasteiger partial charge >= 0.3 is 12.1 Å². The number of ether oxygens (including phenoxy) is 2. The standard InChI is InChI=1S/C23H19ClF3NO3.C10H16/c1-22(2)17(12-19(24)23(25,26)27)20(22)21(29)31-18(13-28)14-7-6-10-16(11-14)30-15-8-4-3-5-9-15;1-7-8-4-5-9(6-8)10(7,2)3/h3-12,17-18,20H,1-2H3;8-9H,1,4-6H2,2-3H3/b19-12-;/t17-,18?,20-;/m0./s1. The fourth-order valence-electron chi connectivity index (χ4n) is 6.16. The summed E-state index contributed by atoms with van der Waals surface area (Å²) in [5.41, 5.74) is 1.64. The van der Waals surface area contributed by atoms with Gasteiger partial charge in [-0.3, -0.25) is 4.79 Å². The van der Waals surface area contributed by atoms with Crippen LogP contribution in [0.15, 0.2) is 77.9 Å². The second-order valence-corrected chi connectivity index (χ2v) is 12.6. The number of para-hydroxylation sites is 1. The number of hydrogen-bond acceptors (Lipinski definition) is 4. The van der Waals surface area contributed by atoms with Crippen molar-refractivity contribution in [2.24, 2.45) is 34.5 Å². The highest BCUT2D eigenvalue weighted by atomic mass is 35.5. The van der Waals surface area contributed by atoms with E-state index in [1.807, 2.05) is 24.3 Å². The zero-order chi connectivity index (χ0) is 30.2. The second-order valence-electron chi connectivity index (χ2n) is 12.2. The Morgan fingerprint density at radius 3 is 2.29 bits per heavy atom. The van der Waals surface area contributed by atoms with Gasteiger partial charge in [0.15, 0.2) is 0 Å². The van der Waals surface area contributed by atoms with Crippen LogP contribution in [-0.2, 0) is 9.53 Å². The molecule has 218 valence electrons. The third-order valence-electron chi connectivity index (χ3n) is 9.03. The van der Waals surface area contributed by atoms with Gasteiger partial charge in [-0.1, -0.05) is 87.9 Å². The number of nitriles is 1. The maximum Gasteiger partial charge on any atom is 0.426 e. The first-order chi connectivity index (χ1) is 19.2. The molecular formula is C33H35ClF3NO3. The zero-order valence-corrected chi connectivity index (χ0v) is 24.4. The molecule has 4 nitrogen and oxygen atoms in total. The topological polar surface area (TPSA) is 59.3 Å². The van der Waals surface area contributed by atoms with Gasteiger partial charge in [0.1, 0.15) is 22.6 Å². The molecule has 5 atom stereocenters. The lowest BCUT2D eigenvalue weighted by Gasteiger charge is -2.31. The summed E-state index contributed by atoms with van der Waals surface area (Å²) in [5.74, 6) is 0.582. The second kappa shape index (κ2) is 11.6. The molecule has 0 N–H and O–H groups in total. The van der Waals surface area contributed by atoms with Crippen molar-refractivity contribution in [1.82, 2.24) is 0 Å². The van der Waals surface area contributed by atoms with Crippen LogP contribution >= 0.6 is 11.6 Å². The van der Waals surface area contributed by atoms with Gasteiger partial charge in [-0.2, -0.15) is 18.4 Å². The molecule has 0 aliphatic heterocycles. The molecular weight excluding hydrogens is 551 g/mol. The summed E-state index contributed by atoms with van der Waals surface area (Å²) in [4.78, 5) is 12.6. The van der Waals surface area contributed by atoms with Crippen LogP contribution in [0, 0.1) is 45.8 Å². The lowest BCUT2D eigenvalue weighted by atomic mass is 9.73. The lowest BCUT2D eigenvalue weighted by Crippen LogP contribution is -2.21. The molecule has 2 aromatic rings. The highest BCUT2D eigenvalue weighted by Gasteiger charge is 2.62. The predicted octanol–water partition coefficient (Wildman–Crippen LogP) is 9.54. The van der Waals surface area contributed by atoms with Crippen LogP contribution in [0.1, 0.15) is 58.6 Å². The van der Waals surface area contributed by atoms with Crippen molar-refractivity contribution >= 4 is 17.6 Å². The summed E-state index contributed by atoms with van der Waals surface area (Å²) in [5, 5.41) is 8.23. The molecule has 5 rings (SSSR count). The van der Waals surface area contributed by atoms with Crippen LogP contribution in [0.4, 0.5) is 13.2 Å². The first kappa shape index (κ1) is 30.7. The van der Waals surface area contributed by atoms with Crippen LogP contribution in [-0.4, -0.2) is 12.1 Å². The largest absolute Gasteiger partial charge is 0.457 e. The zero-order valence-electron chi connectivity index (χ0n) is 23.7. The van der Waals surface area contributed by atoms with Crippen molar-refractivity contribution in [2.45, 2.75) is 59.2 Å². The molecule has 3 unspecified atom stereocenters. The minimum absolute atomic E-state index is 0.392. The van der Waals surface area contributed by atoms with E-state index in [0.29, 0.717) is 22.5 Å². The number of esters is 1. The van der Waals surface area contributed by atoms with E-state index < -0.39 is 40.5 Å². The van der Waals surface area contributed by atoms with E-state index in [0.717, 1.165) is 17.9 Å². The van der Waals surface area contributed by atoms with Crippen molar-refractivity contribution in [1.29, 1.82) is 5.26 Å². The highest BCUT2D eigenvalue weighted by molar-refractivity contribution is 6.30. The van der Waals surface area contributed by atoms with Crippen LogP contribution in [0.3, 0.4) is 0 Å². The molecule has 3 aliphatic rings. The Labute approximate surface area is 244 Å². The van der Waals surface area contributed by atoms with Gasteiger partial charge in [-0.25, -0.2) is 0 Å². The summed E-state index contributed by atoms with van der Waals surface area (Å²) in [6.07, 6.45) is -0.757. The first-order valence-corrected chi connectivity index (χ1v) is 14.1. The van der Waals surface area contributed by atoms with E-state index in [9.17, 15) is 23.2 Å². The van der Waals surface area contributed by atoms with E-state index in [4.69, 9.17) is 21.1 Å². The van der Waals surface area contributed by atoms with Crippen molar-refractivity contribution in [3.8, 4) is 17.6 Å². The smallest absolute Gasteiger partial charge is 0.426 e. The fourth-order valence-corrected chi connectivity index (χ4v) is 6.29. The third-order valence-corrected chi connectivity index (χ3v) is 9.37. The van der Waals surface area contributed by atoms with Gasteiger partial charge in [0.25, 0.3) is 0 Å². The van der Waals surface area contributed by atoms with E-state index in [-0.39, 0.29) is 0 Å².